The van der Waals surface area contributed by atoms with Crippen molar-refractivity contribution in [1.82, 2.24) is 15.5 Å². The van der Waals surface area contributed by atoms with Crippen LogP contribution >= 0.6 is 0 Å². The lowest BCUT2D eigenvalue weighted by molar-refractivity contribution is 0.439. The van der Waals surface area contributed by atoms with Crippen LogP contribution in [0.1, 0.15) is 43.4 Å². The van der Waals surface area contributed by atoms with Gasteiger partial charge in [-0.3, -0.25) is 0 Å². The highest BCUT2D eigenvalue weighted by Gasteiger charge is 2.29. The molecule has 0 bridgehead atoms. The van der Waals surface area contributed by atoms with E-state index in [1.165, 1.54) is 18.4 Å². The number of nitrogens with one attached hydrogen (secondary N) is 1. The largest absolute Gasteiger partial charge is 0.336 e. The number of fused-ring (bicyclic) bond motifs is 1. The molecule has 2 heterocycles. The van der Waals surface area contributed by atoms with Crippen molar-refractivity contribution in [1.29, 1.82) is 0 Å². The van der Waals surface area contributed by atoms with Crippen LogP contribution in [0.4, 0.5) is 0 Å². The quantitative estimate of drug-likeness (QED) is 0.804. The molecule has 4 nitrogen and oxygen atoms in total. The summed E-state index contributed by atoms with van der Waals surface area (Å²) in [6.45, 7) is 4.07. The Morgan fingerprint density at radius 3 is 3.12 bits per heavy atom. The van der Waals surface area contributed by atoms with Gasteiger partial charge < -0.3 is 9.84 Å². The maximum absolute atomic E-state index is 5.25. The second-order valence-electron chi connectivity index (χ2n) is 4.72. The minimum absolute atomic E-state index is 0.608. The van der Waals surface area contributed by atoms with Gasteiger partial charge in [0.05, 0.1) is 11.1 Å². The summed E-state index contributed by atoms with van der Waals surface area (Å²) >= 11 is 0. The molecule has 0 saturated heterocycles. The third-order valence-corrected chi connectivity index (χ3v) is 3.13. The minimum atomic E-state index is 0.608. The van der Waals surface area contributed by atoms with E-state index < -0.39 is 0 Å². The summed E-state index contributed by atoms with van der Waals surface area (Å²) in [7, 11) is 0. The van der Waals surface area contributed by atoms with E-state index in [1.54, 1.807) is 0 Å². The van der Waals surface area contributed by atoms with E-state index in [1.807, 2.05) is 6.20 Å². The van der Waals surface area contributed by atoms with E-state index in [9.17, 15) is 0 Å². The van der Waals surface area contributed by atoms with Gasteiger partial charge in [-0.25, -0.2) is 4.98 Å². The zero-order chi connectivity index (χ0) is 11.7. The van der Waals surface area contributed by atoms with E-state index in [-0.39, 0.29) is 0 Å². The van der Waals surface area contributed by atoms with Crippen LogP contribution in [0.5, 0.6) is 0 Å². The van der Waals surface area contributed by atoms with Crippen molar-refractivity contribution in [3.8, 4) is 0 Å². The third kappa shape index (κ3) is 2.17. The molecule has 2 aromatic rings. The van der Waals surface area contributed by atoms with Crippen LogP contribution in [-0.4, -0.2) is 16.7 Å². The Morgan fingerprint density at radius 1 is 1.47 bits per heavy atom. The first kappa shape index (κ1) is 10.7. The molecule has 0 unspecified atom stereocenters. The molecule has 0 aliphatic heterocycles. The van der Waals surface area contributed by atoms with Crippen molar-refractivity contribution >= 4 is 11.1 Å². The van der Waals surface area contributed by atoms with E-state index in [4.69, 9.17) is 4.52 Å². The Labute approximate surface area is 100 Å². The van der Waals surface area contributed by atoms with Crippen molar-refractivity contribution in [3.05, 3.63) is 23.5 Å². The van der Waals surface area contributed by atoms with E-state index in [0.717, 1.165) is 30.6 Å². The van der Waals surface area contributed by atoms with Crippen molar-refractivity contribution in [2.45, 2.75) is 38.6 Å². The van der Waals surface area contributed by atoms with Crippen LogP contribution in [0.15, 0.2) is 16.8 Å². The highest BCUT2D eigenvalue weighted by molar-refractivity contribution is 5.77. The molecule has 3 rings (SSSR count). The maximum Gasteiger partial charge on any atom is 0.257 e. The first-order chi connectivity index (χ1) is 8.38. The maximum atomic E-state index is 5.25. The molecule has 1 N–H and O–H groups in total. The van der Waals surface area contributed by atoms with Crippen molar-refractivity contribution in [2.75, 3.05) is 6.54 Å². The molecule has 17 heavy (non-hydrogen) atoms. The Balaban J connectivity index is 1.85. The average Bonchev–Trinajstić information content (AvgIpc) is 3.10. The normalized spacial score (nSPS) is 15.6. The molecular formula is C13H17N3O. The van der Waals surface area contributed by atoms with Crippen molar-refractivity contribution < 1.29 is 4.52 Å². The number of nitrogens with zero attached hydrogens (tertiary/aromatic N) is 2. The Morgan fingerprint density at radius 2 is 2.35 bits per heavy atom. The third-order valence-electron chi connectivity index (χ3n) is 3.13. The molecule has 90 valence electrons. The molecule has 1 aliphatic rings. The van der Waals surface area contributed by atoms with Gasteiger partial charge in [0.2, 0.25) is 0 Å². The molecule has 1 aliphatic carbocycles. The Bertz CT molecular complexity index is 516. The molecule has 0 aromatic carbocycles. The molecule has 2 aromatic heterocycles. The standard InChI is InChI=1S/C13H17N3O/c1-2-5-14-7-9-6-11-12(10-3-4-10)16-17-13(11)15-8-9/h6,8,10,14H,2-5,7H2,1H3. The molecule has 1 saturated carbocycles. The fourth-order valence-corrected chi connectivity index (χ4v) is 2.05. The van der Waals surface area contributed by atoms with Gasteiger partial charge >= 0.3 is 0 Å². The summed E-state index contributed by atoms with van der Waals surface area (Å²) in [4.78, 5) is 4.32. The lowest BCUT2D eigenvalue weighted by atomic mass is 10.1. The van der Waals surface area contributed by atoms with Gasteiger partial charge in [0.1, 0.15) is 0 Å². The molecule has 0 amide bonds. The second kappa shape index (κ2) is 4.45. The molecule has 4 heteroatoms. The summed E-state index contributed by atoms with van der Waals surface area (Å²) in [6, 6.07) is 2.16. The fourth-order valence-electron chi connectivity index (χ4n) is 2.05. The van der Waals surface area contributed by atoms with Gasteiger partial charge in [0.15, 0.2) is 0 Å². The van der Waals surface area contributed by atoms with E-state index in [0.29, 0.717) is 11.6 Å². The van der Waals surface area contributed by atoms with Gasteiger partial charge in [0, 0.05) is 18.7 Å². The van der Waals surface area contributed by atoms with Gasteiger partial charge in [-0.1, -0.05) is 12.1 Å². The van der Waals surface area contributed by atoms with Gasteiger partial charge in [0.25, 0.3) is 5.71 Å². The van der Waals surface area contributed by atoms with Gasteiger partial charge in [-0.2, -0.15) is 0 Å². The van der Waals surface area contributed by atoms with Gasteiger partial charge in [-0.05, 0) is 37.4 Å². The summed E-state index contributed by atoms with van der Waals surface area (Å²) < 4.78 is 5.25. The zero-order valence-electron chi connectivity index (χ0n) is 10.1. The van der Waals surface area contributed by atoms with Crippen LogP contribution in [0, 0.1) is 0 Å². The summed E-state index contributed by atoms with van der Waals surface area (Å²) in [5.74, 6) is 0.608. The van der Waals surface area contributed by atoms with Gasteiger partial charge in [-0.15, -0.1) is 0 Å². The smallest absolute Gasteiger partial charge is 0.257 e. The second-order valence-corrected chi connectivity index (χ2v) is 4.72. The summed E-state index contributed by atoms with van der Waals surface area (Å²) in [5.41, 5.74) is 2.98. The zero-order valence-corrected chi connectivity index (χ0v) is 10.1. The minimum Gasteiger partial charge on any atom is -0.336 e. The predicted molar refractivity (Wildman–Crippen MR) is 65.8 cm³/mol. The highest BCUT2D eigenvalue weighted by atomic mass is 16.5. The number of pyridine rings is 1. The van der Waals surface area contributed by atoms with Crippen molar-refractivity contribution in [2.24, 2.45) is 0 Å². The predicted octanol–water partition coefficient (Wildman–Crippen LogP) is 2.60. The highest BCUT2D eigenvalue weighted by Crippen LogP contribution is 2.42. The molecule has 0 atom stereocenters. The fraction of sp³-hybridized carbons (Fsp3) is 0.538. The summed E-state index contributed by atoms with van der Waals surface area (Å²) in [6.07, 6.45) is 5.49. The number of rotatable bonds is 5. The summed E-state index contributed by atoms with van der Waals surface area (Å²) in [5, 5.41) is 8.62. The van der Waals surface area contributed by atoms with Crippen LogP contribution < -0.4 is 5.32 Å². The Kier molecular flexibility index (Phi) is 2.81. The van der Waals surface area contributed by atoms with Crippen molar-refractivity contribution in [3.63, 3.8) is 0 Å². The topological polar surface area (TPSA) is 51.0 Å². The van der Waals surface area contributed by atoms with Crippen LogP contribution in [0.3, 0.4) is 0 Å². The number of hydrogen-bond acceptors (Lipinski definition) is 4. The van der Waals surface area contributed by atoms with Crippen LogP contribution in [0.25, 0.3) is 11.1 Å². The lowest BCUT2D eigenvalue weighted by Crippen LogP contribution is -2.13. The van der Waals surface area contributed by atoms with E-state index in [2.05, 4.69) is 28.4 Å². The SMILES string of the molecule is CCCNCc1cnc2onc(C3CC3)c2c1. The average molecular weight is 231 g/mol. The lowest BCUT2D eigenvalue weighted by Gasteiger charge is -2.02. The first-order valence-electron chi connectivity index (χ1n) is 6.33. The van der Waals surface area contributed by atoms with Crippen LogP contribution in [-0.2, 0) is 6.54 Å². The molecule has 0 spiro atoms. The number of aromatic nitrogens is 2. The molecule has 1 fully saturated rings. The monoisotopic (exact) mass is 231 g/mol. The number of hydrogen-bond donors (Lipinski definition) is 1. The Hall–Kier alpha value is -1.42. The first-order valence-corrected chi connectivity index (χ1v) is 6.33. The van der Waals surface area contributed by atoms with Crippen LogP contribution in [0.2, 0.25) is 0 Å². The van der Waals surface area contributed by atoms with E-state index >= 15 is 0 Å². The molecular weight excluding hydrogens is 214 g/mol. The molecule has 0 radical (unpaired) electrons.